The molecule has 0 aliphatic carbocycles. The Balaban J connectivity index is 1.51. The molecule has 0 saturated carbocycles. The Morgan fingerprint density at radius 1 is 1.23 bits per heavy atom. The van der Waals surface area contributed by atoms with E-state index in [1.807, 2.05) is 20.2 Å². The van der Waals surface area contributed by atoms with E-state index < -0.39 is 11.7 Å². The van der Waals surface area contributed by atoms with Crippen molar-refractivity contribution in [3.8, 4) is 17.0 Å². The molecule has 2 aromatic heterocycles. The average Bonchev–Trinajstić information content (AvgIpc) is 3.56. The van der Waals surface area contributed by atoms with E-state index in [0.29, 0.717) is 34.1 Å². The van der Waals surface area contributed by atoms with Gasteiger partial charge in [0.05, 0.1) is 29.7 Å². The molecule has 1 unspecified atom stereocenters. The van der Waals surface area contributed by atoms with E-state index in [1.54, 1.807) is 30.3 Å². The van der Waals surface area contributed by atoms with Crippen molar-refractivity contribution in [1.82, 2.24) is 19.9 Å². The van der Waals surface area contributed by atoms with E-state index >= 15 is 0 Å². The smallest absolute Gasteiger partial charge is 0.419 e. The van der Waals surface area contributed by atoms with Gasteiger partial charge < -0.3 is 30.2 Å². The summed E-state index contributed by atoms with van der Waals surface area (Å²) in [5.74, 6) is 0.255. The van der Waals surface area contributed by atoms with E-state index in [9.17, 15) is 18.0 Å². The number of aromatic amines is 1. The number of alkyl halides is 3. The molecule has 1 aliphatic heterocycles. The van der Waals surface area contributed by atoms with Crippen LogP contribution in [0.5, 0.6) is 5.75 Å². The van der Waals surface area contributed by atoms with Gasteiger partial charge in [-0.25, -0.2) is 9.97 Å². The van der Waals surface area contributed by atoms with Gasteiger partial charge in [0.25, 0.3) is 0 Å². The second-order valence-electron chi connectivity index (χ2n) is 9.93. The van der Waals surface area contributed by atoms with E-state index in [-0.39, 0.29) is 23.1 Å². The van der Waals surface area contributed by atoms with E-state index in [2.05, 4.69) is 35.4 Å². The number of carbonyl (C=O) groups is 1. The van der Waals surface area contributed by atoms with Crippen molar-refractivity contribution in [3.63, 3.8) is 0 Å². The molecule has 210 valence electrons. The zero-order valence-electron chi connectivity index (χ0n) is 22.6. The molecule has 12 heteroatoms. The highest BCUT2D eigenvalue weighted by Gasteiger charge is 2.36. The minimum absolute atomic E-state index is 0.0179. The first-order valence-electron chi connectivity index (χ1n) is 12.7. The second-order valence-corrected chi connectivity index (χ2v) is 9.93. The molecule has 0 radical (unpaired) electrons. The topological polar surface area (TPSA) is 98.4 Å². The summed E-state index contributed by atoms with van der Waals surface area (Å²) >= 11 is 0. The fraction of sp³-hybridized carbons (Fsp3) is 0.321. The molecule has 3 heterocycles. The fourth-order valence-corrected chi connectivity index (χ4v) is 5.04. The van der Waals surface area contributed by atoms with Gasteiger partial charge >= 0.3 is 6.18 Å². The van der Waals surface area contributed by atoms with Gasteiger partial charge in [0.2, 0.25) is 11.9 Å². The predicted octanol–water partition coefficient (Wildman–Crippen LogP) is 5.49. The van der Waals surface area contributed by atoms with Crippen LogP contribution in [0.25, 0.3) is 22.2 Å². The minimum Gasteiger partial charge on any atom is -0.495 e. The summed E-state index contributed by atoms with van der Waals surface area (Å²) in [5, 5.41) is 6.42. The molecule has 1 saturated heterocycles. The number of methoxy groups -OCH3 is 1. The number of benzene rings is 2. The fourth-order valence-electron chi connectivity index (χ4n) is 5.04. The zero-order chi connectivity index (χ0) is 28.6. The molecule has 1 atom stereocenters. The van der Waals surface area contributed by atoms with Gasteiger partial charge in [0.15, 0.2) is 0 Å². The number of para-hydroxylation sites is 1. The van der Waals surface area contributed by atoms with Crippen molar-refractivity contribution in [3.05, 3.63) is 54.4 Å². The van der Waals surface area contributed by atoms with Crippen LogP contribution in [0.3, 0.4) is 0 Å². The summed E-state index contributed by atoms with van der Waals surface area (Å²) < 4.78 is 47.4. The lowest BCUT2D eigenvalue weighted by molar-refractivity contribution is -0.137. The van der Waals surface area contributed by atoms with Crippen molar-refractivity contribution in [2.24, 2.45) is 0 Å². The van der Waals surface area contributed by atoms with E-state index in [0.717, 1.165) is 31.4 Å². The van der Waals surface area contributed by atoms with Crippen molar-refractivity contribution in [2.75, 3.05) is 49.8 Å². The third-order valence-corrected chi connectivity index (χ3v) is 7.04. The van der Waals surface area contributed by atoms with Crippen LogP contribution in [0.15, 0.2) is 48.8 Å². The Bertz CT molecular complexity index is 1550. The maximum absolute atomic E-state index is 14.0. The summed E-state index contributed by atoms with van der Waals surface area (Å²) in [5.41, 5.74) is 1.58. The molecule has 1 fully saturated rings. The van der Waals surface area contributed by atoms with Gasteiger partial charge in [-0.15, -0.1) is 0 Å². The highest BCUT2D eigenvalue weighted by molar-refractivity contribution is 5.98. The lowest BCUT2D eigenvalue weighted by Crippen LogP contribution is -2.31. The van der Waals surface area contributed by atoms with Gasteiger partial charge in [0.1, 0.15) is 11.3 Å². The number of rotatable bonds is 7. The molecule has 40 heavy (non-hydrogen) atoms. The predicted molar refractivity (Wildman–Crippen MR) is 149 cm³/mol. The SMILES string of the molecule is COc1cccc2c(-c3nc(Nc4ccc(N5CCC(N(C)C)C5)c(NC(C)=O)c4)ncc3C(F)(F)F)c[nH]c12. The Kier molecular flexibility index (Phi) is 7.28. The molecule has 9 nitrogen and oxygen atoms in total. The van der Waals surface area contributed by atoms with Crippen LogP contribution in [0.4, 0.5) is 36.2 Å². The van der Waals surface area contributed by atoms with Crippen LogP contribution >= 0.6 is 0 Å². The van der Waals surface area contributed by atoms with Crippen molar-refractivity contribution in [1.29, 1.82) is 0 Å². The molecular weight excluding hydrogens is 523 g/mol. The van der Waals surface area contributed by atoms with Gasteiger partial charge in [-0.05, 0) is 44.8 Å². The number of halogens is 3. The quantitative estimate of drug-likeness (QED) is 0.278. The van der Waals surface area contributed by atoms with Crippen molar-refractivity contribution in [2.45, 2.75) is 25.6 Å². The molecule has 0 spiro atoms. The number of nitrogens with zero attached hydrogens (tertiary/aromatic N) is 4. The van der Waals surface area contributed by atoms with E-state index in [1.165, 1.54) is 20.2 Å². The Morgan fingerprint density at radius 2 is 2.02 bits per heavy atom. The first-order chi connectivity index (χ1) is 19.0. The first-order valence-corrected chi connectivity index (χ1v) is 12.7. The summed E-state index contributed by atoms with van der Waals surface area (Å²) in [7, 11) is 5.58. The maximum atomic E-state index is 14.0. The summed E-state index contributed by atoms with van der Waals surface area (Å²) in [6.45, 7) is 3.08. The number of anilines is 4. The van der Waals surface area contributed by atoms with Crippen molar-refractivity contribution >= 4 is 39.8 Å². The largest absolute Gasteiger partial charge is 0.495 e. The molecule has 0 bridgehead atoms. The van der Waals surface area contributed by atoms with E-state index in [4.69, 9.17) is 4.74 Å². The number of ether oxygens (including phenoxy) is 1. The van der Waals surface area contributed by atoms with Gasteiger partial charge in [-0.2, -0.15) is 13.2 Å². The summed E-state index contributed by atoms with van der Waals surface area (Å²) in [6.07, 6.45) is -1.42. The van der Waals surface area contributed by atoms with Crippen LogP contribution < -0.4 is 20.3 Å². The standard InChI is InChI=1S/C28H30F3N7O2/c1-16(39)34-22-12-17(8-9-23(22)38-11-10-18(15-38)37(2)3)35-27-33-14-21(28(29,30)31)25(36-27)20-13-32-26-19(20)6-5-7-24(26)40-4/h5-9,12-14,18,32H,10-11,15H2,1-4H3,(H,34,39)(H,33,35,36). The van der Waals surface area contributed by atoms with Gasteiger partial charge in [-0.1, -0.05) is 12.1 Å². The first kappa shape index (κ1) is 27.3. The molecular formula is C28H30F3N7O2. The van der Waals surface area contributed by atoms with Crippen LogP contribution in [0.1, 0.15) is 18.9 Å². The molecule has 2 aromatic carbocycles. The molecule has 5 rings (SSSR count). The number of likely N-dealkylation sites (N-methyl/N-ethyl adjacent to an activating group) is 1. The van der Waals surface area contributed by atoms with Crippen LogP contribution in [-0.2, 0) is 11.0 Å². The second kappa shape index (κ2) is 10.7. The molecule has 4 aromatic rings. The summed E-state index contributed by atoms with van der Waals surface area (Å²) in [6, 6.07) is 10.9. The number of amides is 1. The number of H-pyrrole nitrogens is 1. The van der Waals surface area contributed by atoms with Crippen LogP contribution in [-0.4, -0.2) is 66.1 Å². The average molecular weight is 554 g/mol. The number of hydrogen-bond donors (Lipinski definition) is 3. The Morgan fingerprint density at radius 3 is 2.70 bits per heavy atom. The third kappa shape index (κ3) is 5.39. The third-order valence-electron chi connectivity index (χ3n) is 7.04. The minimum atomic E-state index is -4.67. The molecule has 1 amide bonds. The monoisotopic (exact) mass is 553 g/mol. The van der Waals surface area contributed by atoms with Crippen LogP contribution in [0.2, 0.25) is 0 Å². The lowest BCUT2D eigenvalue weighted by atomic mass is 10.1. The number of aromatic nitrogens is 3. The van der Waals surface area contributed by atoms with Crippen molar-refractivity contribution < 1.29 is 22.7 Å². The maximum Gasteiger partial charge on any atom is 0.419 e. The zero-order valence-corrected chi connectivity index (χ0v) is 22.6. The normalized spacial score (nSPS) is 15.6. The van der Waals surface area contributed by atoms with Gasteiger partial charge in [-0.3, -0.25) is 4.79 Å². The highest BCUT2D eigenvalue weighted by Crippen LogP contribution is 2.40. The van der Waals surface area contributed by atoms with Gasteiger partial charge in [0, 0.05) is 55.1 Å². The number of hydrogen-bond acceptors (Lipinski definition) is 7. The highest BCUT2D eigenvalue weighted by atomic mass is 19.4. The Hall–Kier alpha value is -4.32. The Labute approximate surface area is 229 Å². The number of nitrogens with one attached hydrogen (secondary N) is 3. The molecule has 1 aliphatic rings. The summed E-state index contributed by atoms with van der Waals surface area (Å²) in [4.78, 5) is 27.6. The number of carbonyl (C=O) groups excluding carboxylic acids is 1. The van der Waals surface area contributed by atoms with Crippen LogP contribution in [0, 0.1) is 0 Å². The lowest BCUT2D eigenvalue weighted by Gasteiger charge is -2.24. The number of fused-ring (bicyclic) bond motifs is 1. The molecule has 3 N–H and O–H groups in total.